The normalized spacial score (nSPS) is 25.2. The highest BCUT2D eigenvalue weighted by Crippen LogP contribution is 2.46. The van der Waals surface area contributed by atoms with Gasteiger partial charge in [-0.05, 0) is 93.5 Å². The molecule has 2 saturated carbocycles. The number of anilines is 1. The average Bonchev–Trinajstić information content (AvgIpc) is 2.97. The number of carbonyl (C=O) groups excluding carboxylic acids is 2. The summed E-state index contributed by atoms with van der Waals surface area (Å²) in [6.07, 6.45) is 7.66. The molecule has 228 valence electrons. The van der Waals surface area contributed by atoms with E-state index in [4.69, 9.17) is 5.73 Å². The zero-order chi connectivity index (χ0) is 30.8. The van der Waals surface area contributed by atoms with E-state index in [1.807, 2.05) is 61.3 Å². The van der Waals surface area contributed by atoms with E-state index < -0.39 is 11.1 Å². The number of rotatable bonds is 9. The van der Waals surface area contributed by atoms with Crippen molar-refractivity contribution >= 4 is 17.6 Å². The summed E-state index contributed by atoms with van der Waals surface area (Å²) in [6, 6.07) is 20.7. The molecule has 4 N–H and O–H groups in total. The highest BCUT2D eigenvalue weighted by atomic mass is 16.3. The summed E-state index contributed by atoms with van der Waals surface area (Å²) in [5, 5.41) is 13.3. The van der Waals surface area contributed by atoms with Gasteiger partial charge in [-0.2, -0.15) is 0 Å². The van der Waals surface area contributed by atoms with Gasteiger partial charge in [0.05, 0.1) is 5.60 Å². The minimum Gasteiger partial charge on any atom is -0.390 e. The van der Waals surface area contributed by atoms with Gasteiger partial charge in [-0.25, -0.2) is 4.98 Å². The zero-order valence-corrected chi connectivity index (χ0v) is 26.0. The van der Waals surface area contributed by atoms with Crippen LogP contribution in [0.2, 0.25) is 0 Å². The molecular formula is C36H46N4O3. The van der Waals surface area contributed by atoms with E-state index in [-0.39, 0.29) is 23.9 Å². The lowest BCUT2D eigenvalue weighted by atomic mass is 9.63. The molecule has 2 aromatic carbocycles. The van der Waals surface area contributed by atoms with Gasteiger partial charge in [0.15, 0.2) is 0 Å². The predicted octanol–water partition coefficient (Wildman–Crippen LogP) is 6.65. The largest absolute Gasteiger partial charge is 0.390 e. The van der Waals surface area contributed by atoms with Gasteiger partial charge >= 0.3 is 0 Å². The highest BCUT2D eigenvalue weighted by molar-refractivity contribution is 5.92. The molecule has 0 saturated heterocycles. The summed E-state index contributed by atoms with van der Waals surface area (Å²) in [7, 11) is 0. The second-order valence-corrected chi connectivity index (χ2v) is 13.2. The number of pyridine rings is 1. The Bertz CT molecular complexity index is 1420. The summed E-state index contributed by atoms with van der Waals surface area (Å²) in [4.78, 5) is 32.3. The fourth-order valence-corrected chi connectivity index (χ4v) is 7.28. The molecular weight excluding hydrogens is 536 g/mol. The SMILES string of the molecule is CCC(=O)N(C(C)C)C1CCC(CC(=O)Nc2cc(-c3ccccc3)c(-c3ccc(C4(N)CC(C)(O)C4)cc3)cn2)CC1. The number of nitrogens with two attached hydrogens (primary N) is 1. The van der Waals surface area contributed by atoms with Crippen molar-refractivity contribution in [2.24, 2.45) is 11.7 Å². The van der Waals surface area contributed by atoms with Crippen molar-refractivity contribution in [3.05, 3.63) is 72.4 Å². The number of aromatic nitrogens is 1. The first kappa shape index (κ1) is 30.9. The van der Waals surface area contributed by atoms with Gasteiger partial charge in [0.2, 0.25) is 11.8 Å². The van der Waals surface area contributed by atoms with Crippen molar-refractivity contribution in [3.63, 3.8) is 0 Å². The lowest BCUT2D eigenvalue weighted by Gasteiger charge is -2.49. The van der Waals surface area contributed by atoms with Crippen molar-refractivity contribution in [2.75, 3.05) is 5.32 Å². The number of carbonyl (C=O) groups is 2. The molecule has 0 unspecified atom stereocenters. The van der Waals surface area contributed by atoms with Crippen LogP contribution in [0.5, 0.6) is 0 Å². The maximum absolute atomic E-state index is 13.1. The Hall–Kier alpha value is -3.55. The van der Waals surface area contributed by atoms with E-state index in [9.17, 15) is 14.7 Å². The van der Waals surface area contributed by atoms with Crippen LogP contribution >= 0.6 is 0 Å². The molecule has 43 heavy (non-hydrogen) atoms. The fraction of sp³-hybridized carbons (Fsp3) is 0.472. The average molecular weight is 583 g/mol. The smallest absolute Gasteiger partial charge is 0.225 e. The molecule has 2 aliphatic rings. The van der Waals surface area contributed by atoms with E-state index in [1.54, 1.807) is 0 Å². The molecule has 1 aromatic heterocycles. The third-order valence-corrected chi connectivity index (χ3v) is 9.25. The van der Waals surface area contributed by atoms with Crippen LogP contribution in [0.15, 0.2) is 66.9 Å². The molecule has 0 atom stereocenters. The second-order valence-electron chi connectivity index (χ2n) is 13.2. The predicted molar refractivity (Wildman–Crippen MR) is 172 cm³/mol. The van der Waals surface area contributed by atoms with Crippen molar-refractivity contribution in [1.82, 2.24) is 9.88 Å². The number of nitrogens with one attached hydrogen (secondary N) is 1. The van der Waals surface area contributed by atoms with Gasteiger partial charge in [-0.1, -0.05) is 61.5 Å². The molecule has 1 heterocycles. The van der Waals surface area contributed by atoms with Crippen LogP contribution in [0, 0.1) is 5.92 Å². The van der Waals surface area contributed by atoms with E-state index in [2.05, 4.69) is 48.4 Å². The van der Waals surface area contributed by atoms with Crippen LogP contribution in [-0.2, 0) is 15.1 Å². The number of nitrogens with zero attached hydrogens (tertiary/aromatic N) is 2. The van der Waals surface area contributed by atoms with Gasteiger partial charge in [-0.15, -0.1) is 0 Å². The Morgan fingerprint density at radius 2 is 1.63 bits per heavy atom. The standard InChI is InChI=1S/C36H46N4O3/c1-5-34(42)40(24(2)3)29-17-11-25(12-18-29)19-33(41)39-32-20-30(26-9-7-6-8-10-26)31(21-38-32)27-13-15-28(16-14-27)36(37)22-35(4,43)23-36/h6-10,13-16,20-21,24-25,29,43H,5,11-12,17-19,22-23,37H2,1-4H3,(H,38,39,41). The first-order valence-corrected chi connectivity index (χ1v) is 15.8. The highest BCUT2D eigenvalue weighted by Gasteiger charge is 2.49. The second kappa shape index (κ2) is 12.6. The quantitative estimate of drug-likeness (QED) is 0.262. The van der Waals surface area contributed by atoms with E-state index >= 15 is 0 Å². The molecule has 0 radical (unpaired) electrons. The molecule has 0 aliphatic heterocycles. The number of benzene rings is 2. The minimum absolute atomic E-state index is 0.0259. The lowest BCUT2D eigenvalue weighted by molar-refractivity contribution is -0.136. The molecule has 5 rings (SSSR count). The van der Waals surface area contributed by atoms with Gasteiger partial charge in [0.1, 0.15) is 5.82 Å². The van der Waals surface area contributed by atoms with E-state index in [0.29, 0.717) is 37.4 Å². The molecule has 7 heteroatoms. The molecule has 2 amide bonds. The van der Waals surface area contributed by atoms with Crippen LogP contribution in [0.4, 0.5) is 5.82 Å². The summed E-state index contributed by atoms with van der Waals surface area (Å²) in [5.74, 6) is 1.03. The third kappa shape index (κ3) is 7.00. The Labute approximate surface area is 255 Å². The lowest BCUT2D eigenvalue weighted by Crippen LogP contribution is -2.58. The van der Waals surface area contributed by atoms with Gasteiger partial charge in [0.25, 0.3) is 0 Å². The molecule has 2 fully saturated rings. The van der Waals surface area contributed by atoms with E-state index in [0.717, 1.165) is 53.5 Å². The first-order chi connectivity index (χ1) is 20.5. The maximum Gasteiger partial charge on any atom is 0.225 e. The van der Waals surface area contributed by atoms with Crippen LogP contribution in [0.3, 0.4) is 0 Å². The number of amides is 2. The van der Waals surface area contributed by atoms with E-state index in [1.165, 1.54) is 0 Å². The van der Waals surface area contributed by atoms with Crippen LogP contribution < -0.4 is 11.1 Å². The summed E-state index contributed by atoms with van der Waals surface area (Å²) < 4.78 is 0. The van der Waals surface area contributed by atoms with Crippen LogP contribution in [0.25, 0.3) is 22.3 Å². The maximum atomic E-state index is 13.1. The monoisotopic (exact) mass is 582 g/mol. The number of hydrogen-bond donors (Lipinski definition) is 3. The van der Waals surface area contributed by atoms with Crippen molar-refractivity contribution < 1.29 is 14.7 Å². The number of aliphatic hydroxyl groups is 1. The van der Waals surface area contributed by atoms with Gasteiger partial charge in [0, 0.05) is 42.2 Å². The first-order valence-electron chi connectivity index (χ1n) is 15.8. The molecule has 2 aliphatic carbocycles. The van der Waals surface area contributed by atoms with Gasteiger partial charge < -0.3 is 21.1 Å². The number of hydrogen-bond acceptors (Lipinski definition) is 5. The Balaban J connectivity index is 1.27. The van der Waals surface area contributed by atoms with Crippen molar-refractivity contribution in [3.8, 4) is 22.3 Å². The molecule has 7 nitrogen and oxygen atoms in total. The summed E-state index contributed by atoms with van der Waals surface area (Å²) in [5.41, 5.74) is 10.4. The van der Waals surface area contributed by atoms with Crippen LogP contribution in [0.1, 0.15) is 84.6 Å². The van der Waals surface area contributed by atoms with Crippen molar-refractivity contribution in [2.45, 2.75) is 102 Å². The molecule has 0 bridgehead atoms. The molecule has 0 spiro atoms. The van der Waals surface area contributed by atoms with Gasteiger partial charge in [-0.3, -0.25) is 9.59 Å². The molecule has 3 aromatic rings. The summed E-state index contributed by atoms with van der Waals surface area (Å²) >= 11 is 0. The van der Waals surface area contributed by atoms with Crippen LogP contribution in [-0.4, -0.2) is 44.5 Å². The topological polar surface area (TPSA) is 109 Å². The fourth-order valence-electron chi connectivity index (χ4n) is 7.28. The third-order valence-electron chi connectivity index (χ3n) is 9.25. The summed E-state index contributed by atoms with van der Waals surface area (Å²) in [6.45, 7) is 7.92. The Morgan fingerprint density at radius 3 is 2.21 bits per heavy atom. The Morgan fingerprint density at radius 1 is 1.00 bits per heavy atom. The minimum atomic E-state index is -0.707. The van der Waals surface area contributed by atoms with Crippen molar-refractivity contribution in [1.29, 1.82) is 0 Å². The zero-order valence-electron chi connectivity index (χ0n) is 26.0. The Kier molecular flexibility index (Phi) is 9.04.